The highest BCUT2D eigenvalue weighted by atomic mass is 16.7. The summed E-state index contributed by atoms with van der Waals surface area (Å²) in [6, 6.07) is 14.0. The molecule has 1 fully saturated rings. The first kappa shape index (κ1) is 19.5. The van der Waals surface area contributed by atoms with Crippen molar-refractivity contribution in [3.8, 4) is 11.5 Å². The van der Waals surface area contributed by atoms with Crippen molar-refractivity contribution >= 4 is 22.7 Å². The molecule has 5 rings (SSSR count). The lowest BCUT2D eigenvalue weighted by Gasteiger charge is -2.35. The van der Waals surface area contributed by atoms with Gasteiger partial charge in [0.15, 0.2) is 11.5 Å². The summed E-state index contributed by atoms with van der Waals surface area (Å²) >= 11 is 0. The Balaban J connectivity index is 1.48. The predicted octanol–water partition coefficient (Wildman–Crippen LogP) is 3.11. The van der Waals surface area contributed by atoms with Crippen LogP contribution in [0.25, 0.3) is 10.9 Å². The smallest absolute Gasteiger partial charge is 0.231 e. The maximum absolute atomic E-state index is 13.3. The molecule has 7 heteroatoms. The van der Waals surface area contributed by atoms with E-state index in [9.17, 15) is 9.59 Å². The van der Waals surface area contributed by atoms with Gasteiger partial charge in [-0.15, -0.1) is 0 Å². The molecule has 2 aliphatic heterocycles. The van der Waals surface area contributed by atoms with Crippen LogP contribution in [-0.4, -0.2) is 59.6 Å². The van der Waals surface area contributed by atoms with E-state index in [1.165, 1.54) is 0 Å². The largest absolute Gasteiger partial charge is 0.454 e. The summed E-state index contributed by atoms with van der Waals surface area (Å²) in [4.78, 5) is 31.9. The van der Waals surface area contributed by atoms with Gasteiger partial charge in [-0.05, 0) is 17.7 Å². The van der Waals surface area contributed by atoms with Gasteiger partial charge in [-0.1, -0.05) is 30.3 Å². The standard InChI is InChI=1S/C24H25N3O4/c1-16(28)26-9-11-27(12-10-26)23(29)13-19(18-6-4-8-22-24(18)31-15-30-22)20-14-25-21-7-3-2-5-17(20)21/h2-8,14,19,25H,9-13,15H2,1H3/t19-/m1/s1. The third-order valence-electron chi connectivity index (χ3n) is 6.26. The molecule has 2 aliphatic rings. The fourth-order valence-electron chi connectivity index (χ4n) is 4.57. The van der Waals surface area contributed by atoms with E-state index in [1.807, 2.05) is 47.5 Å². The molecule has 2 amide bonds. The summed E-state index contributed by atoms with van der Waals surface area (Å²) in [5.41, 5.74) is 3.06. The van der Waals surface area contributed by atoms with Gasteiger partial charge in [-0.3, -0.25) is 9.59 Å². The zero-order chi connectivity index (χ0) is 21.4. The number of H-pyrrole nitrogens is 1. The summed E-state index contributed by atoms with van der Waals surface area (Å²) in [7, 11) is 0. The highest BCUT2D eigenvalue weighted by Gasteiger charge is 2.31. The highest BCUT2D eigenvalue weighted by Crippen LogP contribution is 2.44. The van der Waals surface area contributed by atoms with E-state index in [0.717, 1.165) is 22.0 Å². The Morgan fingerprint density at radius 3 is 2.55 bits per heavy atom. The Hall–Kier alpha value is -3.48. The first-order valence-electron chi connectivity index (χ1n) is 10.6. The van der Waals surface area contributed by atoms with Gasteiger partial charge in [-0.2, -0.15) is 0 Å². The van der Waals surface area contributed by atoms with Crippen molar-refractivity contribution in [2.24, 2.45) is 0 Å². The van der Waals surface area contributed by atoms with E-state index in [-0.39, 0.29) is 24.5 Å². The zero-order valence-corrected chi connectivity index (χ0v) is 17.5. The van der Waals surface area contributed by atoms with Gasteiger partial charge in [0.05, 0.1) is 0 Å². The average molecular weight is 419 g/mol. The molecule has 0 aliphatic carbocycles. The molecule has 2 aromatic carbocycles. The van der Waals surface area contributed by atoms with Crippen LogP contribution in [0, 0.1) is 0 Å². The van der Waals surface area contributed by atoms with Gasteiger partial charge in [-0.25, -0.2) is 0 Å². The van der Waals surface area contributed by atoms with E-state index in [1.54, 1.807) is 11.8 Å². The van der Waals surface area contributed by atoms with Gasteiger partial charge in [0, 0.05) is 68.1 Å². The number of aromatic amines is 1. The lowest BCUT2D eigenvalue weighted by molar-refractivity contribution is -0.138. The Bertz CT molecular complexity index is 1130. The molecule has 31 heavy (non-hydrogen) atoms. The van der Waals surface area contributed by atoms with Crippen LogP contribution in [0.15, 0.2) is 48.7 Å². The first-order chi connectivity index (χ1) is 15.1. The number of rotatable bonds is 4. The van der Waals surface area contributed by atoms with Gasteiger partial charge < -0.3 is 24.3 Å². The monoisotopic (exact) mass is 419 g/mol. The highest BCUT2D eigenvalue weighted by molar-refractivity contribution is 5.86. The van der Waals surface area contributed by atoms with Crippen molar-refractivity contribution in [3.63, 3.8) is 0 Å². The van der Waals surface area contributed by atoms with Gasteiger partial charge >= 0.3 is 0 Å². The number of carbonyl (C=O) groups is 2. The lowest BCUT2D eigenvalue weighted by Crippen LogP contribution is -2.50. The summed E-state index contributed by atoms with van der Waals surface area (Å²) in [6.45, 7) is 4.04. The van der Waals surface area contributed by atoms with Crippen molar-refractivity contribution in [2.45, 2.75) is 19.3 Å². The first-order valence-corrected chi connectivity index (χ1v) is 10.6. The molecule has 1 atom stereocenters. The number of piperazine rings is 1. The van der Waals surface area contributed by atoms with Gasteiger partial charge in [0.1, 0.15) is 0 Å². The number of amides is 2. The molecule has 0 unspecified atom stereocenters. The van der Waals surface area contributed by atoms with E-state index in [2.05, 4.69) is 11.1 Å². The Morgan fingerprint density at radius 2 is 1.74 bits per heavy atom. The maximum Gasteiger partial charge on any atom is 0.231 e. The molecule has 1 saturated heterocycles. The number of hydrogen-bond donors (Lipinski definition) is 1. The Kier molecular flexibility index (Phi) is 5.02. The van der Waals surface area contributed by atoms with Crippen molar-refractivity contribution in [1.82, 2.24) is 14.8 Å². The third-order valence-corrected chi connectivity index (χ3v) is 6.26. The Labute approximate surface area is 180 Å². The van der Waals surface area contributed by atoms with E-state index < -0.39 is 0 Å². The Morgan fingerprint density at radius 1 is 0.968 bits per heavy atom. The number of para-hydroxylation sites is 2. The van der Waals surface area contributed by atoms with Crippen molar-refractivity contribution in [3.05, 3.63) is 59.8 Å². The maximum atomic E-state index is 13.3. The second kappa shape index (κ2) is 7.98. The van der Waals surface area contributed by atoms with Crippen LogP contribution in [0.1, 0.15) is 30.4 Å². The van der Waals surface area contributed by atoms with Crippen LogP contribution in [-0.2, 0) is 9.59 Å². The third kappa shape index (κ3) is 3.60. The van der Waals surface area contributed by atoms with Gasteiger partial charge in [0.25, 0.3) is 0 Å². The second-order valence-corrected chi connectivity index (χ2v) is 8.01. The van der Waals surface area contributed by atoms with E-state index >= 15 is 0 Å². The minimum absolute atomic E-state index is 0.0563. The SMILES string of the molecule is CC(=O)N1CCN(C(=O)C[C@H](c2cccc3c2OCO3)c2c[nH]c3ccccc23)CC1. The molecule has 1 N–H and O–H groups in total. The van der Waals surface area contributed by atoms with Crippen LogP contribution >= 0.6 is 0 Å². The minimum Gasteiger partial charge on any atom is -0.454 e. The molecule has 0 radical (unpaired) electrons. The van der Waals surface area contributed by atoms with Crippen molar-refractivity contribution < 1.29 is 19.1 Å². The fraction of sp³-hybridized carbons (Fsp3) is 0.333. The average Bonchev–Trinajstić information content (AvgIpc) is 3.44. The molecule has 0 saturated carbocycles. The molecule has 0 spiro atoms. The number of benzene rings is 2. The zero-order valence-electron chi connectivity index (χ0n) is 17.5. The quantitative estimate of drug-likeness (QED) is 0.705. The van der Waals surface area contributed by atoms with Crippen LogP contribution in [0.5, 0.6) is 11.5 Å². The molecule has 3 heterocycles. The molecule has 1 aromatic heterocycles. The molecule has 0 bridgehead atoms. The number of nitrogens with one attached hydrogen (secondary N) is 1. The normalized spacial score (nSPS) is 16.5. The number of fused-ring (bicyclic) bond motifs is 2. The van der Waals surface area contributed by atoms with Crippen LogP contribution in [0.3, 0.4) is 0 Å². The van der Waals surface area contributed by atoms with E-state index in [4.69, 9.17) is 9.47 Å². The topological polar surface area (TPSA) is 74.9 Å². The molecule has 7 nitrogen and oxygen atoms in total. The van der Waals surface area contributed by atoms with Crippen LogP contribution in [0.2, 0.25) is 0 Å². The summed E-state index contributed by atoms with van der Waals surface area (Å²) < 4.78 is 11.4. The van der Waals surface area contributed by atoms with Crippen LogP contribution < -0.4 is 9.47 Å². The lowest BCUT2D eigenvalue weighted by atomic mass is 9.87. The molecular formula is C24H25N3O4. The summed E-state index contributed by atoms with van der Waals surface area (Å²) in [6.07, 6.45) is 2.31. The number of carbonyl (C=O) groups excluding carboxylic acids is 2. The second-order valence-electron chi connectivity index (χ2n) is 8.01. The number of ether oxygens (including phenoxy) is 2. The number of nitrogens with zero attached hydrogens (tertiary/aromatic N) is 2. The van der Waals surface area contributed by atoms with Crippen molar-refractivity contribution in [2.75, 3.05) is 33.0 Å². The summed E-state index contributed by atoms with van der Waals surface area (Å²) in [5, 5.41) is 1.10. The minimum atomic E-state index is -0.175. The number of hydrogen-bond acceptors (Lipinski definition) is 4. The van der Waals surface area contributed by atoms with Gasteiger partial charge in [0.2, 0.25) is 18.6 Å². The fourth-order valence-corrected chi connectivity index (χ4v) is 4.57. The molecule has 3 aromatic rings. The van der Waals surface area contributed by atoms with Crippen LogP contribution in [0.4, 0.5) is 0 Å². The predicted molar refractivity (Wildman–Crippen MR) is 116 cm³/mol. The van der Waals surface area contributed by atoms with E-state index in [0.29, 0.717) is 44.1 Å². The molecule has 160 valence electrons. The van der Waals surface area contributed by atoms with Crippen molar-refractivity contribution in [1.29, 1.82) is 0 Å². The summed E-state index contributed by atoms with van der Waals surface area (Å²) in [5.74, 6) is 1.39. The number of aromatic nitrogens is 1. The molecular weight excluding hydrogens is 394 g/mol.